The maximum atomic E-state index is 13.1. The summed E-state index contributed by atoms with van der Waals surface area (Å²) in [4.78, 5) is 25.0. The molecule has 18 nitrogen and oxygen atoms in total. The second-order valence-corrected chi connectivity index (χ2v) is 19.0. The molecule has 368 valence electrons. The number of para-hydroxylation sites is 4. The van der Waals surface area contributed by atoms with Crippen LogP contribution in [-0.2, 0) is 20.2 Å². The van der Waals surface area contributed by atoms with Crippen LogP contribution in [0.2, 0.25) is 10.0 Å². The predicted molar refractivity (Wildman–Crippen MR) is 276 cm³/mol. The van der Waals surface area contributed by atoms with Gasteiger partial charge in [0.1, 0.15) is 54.5 Å². The molecule has 23 heteroatoms. The van der Waals surface area contributed by atoms with Crippen LogP contribution in [-0.4, -0.2) is 99.9 Å². The fourth-order valence-electron chi connectivity index (χ4n) is 7.11. The van der Waals surface area contributed by atoms with E-state index >= 15 is 0 Å². The van der Waals surface area contributed by atoms with Crippen molar-refractivity contribution in [1.82, 2.24) is 0 Å². The summed E-state index contributed by atoms with van der Waals surface area (Å²) in [6.07, 6.45) is 0. The summed E-state index contributed by atoms with van der Waals surface area (Å²) in [6, 6.07) is 34.7. The van der Waals surface area contributed by atoms with Crippen LogP contribution in [0, 0.1) is 13.8 Å². The van der Waals surface area contributed by atoms with Gasteiger partial charge in [0.25, 0.3) is 11.8 Å². The van der Waals surface area contributed by atoms with E-state index in [0.29, 0.717) is 55.5 Å². The Labute approximate surface area is 457 Å². The first-order chi connectivity index (χ1) is 34.2. The SMILES string of the molecule is COc1ccccc1NC(=O)c1cc2ccccc2c(N=Nc2cc(Cl)c(C)cc2S(=O)(=O)[O-])c1O.COc1ccccc1NC(=O)c1cc2ccccc2c(N=Nc2cc(Cl)c(C)cc2S(=O)(=O)[O-])c1O.[Ca+2]. The average Bonchev–Trinajstić information content (AvgIpc) is 3.34. The first-order valence-electron chi connectivity index (χ1n) is 20.9. The molecule has 0 heterocycles. The van der Waals surface area contributed by atoms with Gasteiger partial charge in [-0.3, -0.25) is 9.59 Å². The smallest absolute Gasteiger partial charge is 0.744 e. The van der Waals surface area contributed by atoms with Gasteiger partial charge in [-0.15, -0.1) is 20.5 Å². The molecule has 0 bridgehead atoms. The molecule has 0 radical (unpaired) electrons. The molecule has 0 aliphatic heterocycles. The number of nitrogens with one attached hydrogen (secondary N) is 2. The third-order valence-corrected chi connectivity index (χ3v) is 13.3. The number of aromatic hydroxyl groups is 2. The van der Waals surface area contributed by atoms with E-state index in [0.717, 1.165) is 12.1 Å². The molecule has 4 N–H and O–H groups in total. The van der Waals surface area contributed by atoms with E-state index in [4.69, 9.17) is 32.7 Å². The molecule has 8 rings (SSSR count). The molecule has 2 amide bonds. The van der Waals surface area contributed by atoms with Crippen LogP contribution < -0.4 is 20.1 Å². The topological polar surface area (TPSA) is 281 Å². The molecule has 0 saturated heterocycles. The zero-order chi connectivity index (χ0) is 52.1. The molecular weight excluding hydrogens is 1050 g/mol. The van der Waals surface area contributed by atoms with Crippen molar-refractivity contribution < 1.29 is 55.2 Å². The second-order valence-electron chi connectivity index (χ2n) is 15.4. The van der Waals surface area contributed by atoms with Gasteiger partial charge in [-0.05, 0) is 96.4 Å². The van der Waals surface area contributed by atoms with Crippen molar-refractivity contribution in [1.29, 1.82) is 0 Å². The summed E-state index contributed by atoms with van der Waals surface area (Å²) in [5.74, 6) is -1.41. The molecule has 0 aliphatic rings. The Kier molecular flexibility index (Phi) is 17.8. The monoisotopic (exact) mass is 1090 g/mol. The van der Waals surface area contributed by atoms with Crippen LogP contribution in [0.4, 0.5) is 34.1 Å². The first kappa shape index (κ1) is 55.6. The largest absolute Gasteiger partial charge is 2.00 e. The van der Waals surface area contributed by atoms with Crippen LogP contribution in [0.25, 0.3) is 21.5 Å². The number of methoxy groups -OCH3 is 2. The minimum absolute atomic E-state index is 0. The van der Waals surface area contributed by atoms with Crippen molar-refractivity contribution in [3.63, 3.8) is 0 Å². The van der Waals surface area contributed by atoms with Gasteiger partial charge in [0.2, 0.25) is 0 Å². The molecule has 8 aromatic rings. The molecule has 0 atom stereocenters. The van der Waals surface area contributed by atoms with Gasteiger partial charge in [0.15, 0.2) is 11.5 Å². The summed E-state index contributed by atoms with van der Waals surface area (Å²) in [6.45, 7) is 3.09. The number of hydrogen-bond acceptors (Lipinski definition) is 16. The van der Waals surface area contributed by atoms with Crippen molar-refractivity contribution >= 4 is 149 Å². The van der Waals surface area contributed by atoms with E-state index in [-0.39, 0.29) is 81.7 Å². The van der Waals surface area contributed by atoms with Crippen LogP contribution in [0.5, 0.6) is 23.0 Å². The number of aryl methyl sites for hydroxylation is 2. The third kappa shape index (κ3) is 12.7. The second kappa shape index (κ2) is 23.4. The van der Waals surface area contributed by atoms with Crippen LogP contribution in [0.1, 0.15) is 31.8 Å². The molecule has 0 saturated carbocycles. The van der Waals surface area contributed by atoms with Gasteiger partial charge in [0, 0.05) is 20.8 Å². The van der Waals surface area contributed by atoms with E-state index < -0.39 is 53.3 Å². The fraction of sp³-hybridized carbons (Fsp3) is 0.0800. The van der Waals surface area contributed by atoms with Gasteiger partial charge >= 0.3 is 37.7 Å². The summed E-state index contributed by atoms with van der Waals surface area (Å²) in [7, 11) is -6.86. The maximum absolute atomic E-state index is 13.1. The van der Waals surface area contributed by atoms with E-state index in [1.807, 2.05) is 0 Å². The number of carbonyl (C=O) groups is 2. The van der Waals surface area contributed by atoms with Gasteiger partial charge in [-0.2, -0.15) is 0 Å². The Morgan fingerprint density at radius 1 is 0.534 bits per heavy atom. The molecule has 0 aromatic heterocycles. The van der Waals surface area contributed by atoms with E-state index in [2.05, 4.69) is 31.1 Å². The molecular formula is C50H38CaCl2N6O12S2. The number of ether oxygens (including phenoxy) is 2. The number of fused-ring (bicyclic) bond motifs is 2. The van der Waals surface area contributed by atoms with Gasteiger partial charge in [-0.25, -0.2) is 16.8 Å². The summed E-state index contributed by atoms with van der Waals surface area (Å²) < 4.78 is 81.1. The zero-order valence-corrected chi connectivity index (χ0v) is 44.1. The number of halogens is 2. The Balaban J connectivity index is 0.000000235. The summed E-state index contributed by atoms with van der Waals surface area (Å²) >= 11 is 12.2. The fourth-order valence-corrected chi connectivity index (χ4v) is 8.78. The number of carbonyl (C=O) groups excluding carboxylic acids is 2. The molecule has 0 fully saturated rings. The maximum Gasteiger partial charge on any atom is 2.00 e. The first-order valence-corrected chi connectivity index (χ1v) is 24.5. The van der Waals surface area contributed by atoms with Gasteiger partial charge in [0.05, 0.1) is 46.5 Å². The molecule has 0 spiro atoms. The average molecular weight is 1090 g/mol. The number of hydrogen-bond donors (Lipinski definition) is 4. The van der Waals surface area contributed by atoms with Gasteiger partial charge < -0.3 is 39.4 Å². The van der Waals surface area contributed by atoms with Crippen molar-refractivity contribution in [3.05, 3.63) is 166 Å². The number of azo groups is 2. The number of amides is 2. The Bertz CT molecular complexity index is 3530. The molecule has 0 unspecified atom stereocenters. The van der Waals surface area contributed by atoms with Crippen LogP contribution in [0.15, 0.2) is 164 Å². The van der Waals surface area contributed by atoms with Crippen molar-refractivity contribution in [2.75, 3.05) is 24.9 Å². The Hall–Kier alpha value is -6.72. The van der Waals surface area contributed by atoms with E-state index in [1.54, 1.807) is 111 Å². The number of phenolic OH excluding ortho intramolecular Hbond substituents is 2. The number of phenols is 2. The number of anilines is 2. The molecule has 8 aromatic carbocycles. The van der Waals surface area contributed by atoms with Crippen molar-refractivity contribution in [2.24, 2.45) is 20.5 Å². The summed E-state index contributed by atoms with van der Waals surface area (Å²) in [5, 5.41) is 45.7. The molecule has 73 heavy (non-hydrogen) atoms. The van der Waals surface area contributed by atoms with E-state index in [1.165, 1.54) is 38.5 Å². The summed E-state index contributed by atoms with van der Waals surface area (Å²) in [5.41, 5.74) is 0.524. The van der Waals surface area contributed by atoms with Crippen molar-refractivity contribution in [2.45, 2.75) is 23.6 Å². The van der Waals surface area contributed by atoms with Crippen LogP contribution >= 0.6 is 23.2 Å². The van der Waals surface area contributed by atoms with Crippen molar-refractivity contribution in [3.8, 4) is 23.0 Å². The van der Waals surface area contributed by atoms with Gasteiger partial charge in [-0.1, -0.05) is 96.0 Å². The minimum atomic E-state index is -4.89. The number of rotatable bonds is 12. The quantitative estimate of drug-likeness (QED) is 0.0505. The zero-order valence-electron chi connectivity index (χ0n) is 38.7. The third-order valence-electron chi connectivity index (χ3n) is 10.7. The van der Waals surface area contributed by atoms with Crippen LogP contribution in [0.3, 0.4) is 0 Å². The normalized spacial score (nSPS) is 11.5. The predicted octanol–water partition coefficient (Wildman–Crippen LogP) is 11.8. The Morgan fingerprint density at radius 3 is 1.23 bits per heavy atom. The standard InChI is InChI=1S/2C25H20ClN3O6S.Ca/c2*1-14-11-22(36(32,33)34)20(13-18(14)26)28-29-23-16-8-4-3-7-15(16)12-17(24(23)30)25(31)27-19-9-5-6-10-21(19)35-2;/h2*3-13,30H,1-2H3,(H,27,31)(H,32,33,34);/q;;+2/p-2. The van der Waals surface area contributed by atoms with E-state index in [9.17, 15) is 45.7 Å². The molecule has 0 aliphatic carbocycles. The number of benzene rings is 8. The Morgan fingerprint density at radius 2 is 0.877 bits per heavy atom. The number of nitrogens with zero attached hydrogens (tertiary/aromatic N) is 4. The minimum Gasteiger partial charge on any atom is -0.744 e.